The van der Waals surface area contributed by atoms with Gasteiger partial charge in [0, 0.05) is 21.7 Å². The predicted molar refractivity (Wildman–Crippen MR) is 61.7 cm³/mol. The maximum atomic E-state index is 9.15. The molecule has 0 aliphatic heterocycles. The second-order valence-electron chi connectivity index (χ2n) is 3.11. The van der Waals surface area contributed by atoms with E-state index in [1.54, 1.807) is 11.3 Å². The molecule has 14 heavy (non-hydrogen) atoms. The first kappa shape index (κ1) is 9.77. The van der Waals surface area contributed by atoms with Crippen LogP contribution >= 0.6 is 22.9 Å². The highest BCUT2D eigenvalue weighted by Gasteiger charge is 2.08. The average molecular weight is 228 g/mol. The Morgan fingerprint density at radius 3 is 2.79 bits per heavy atom. The summed E-state index contributed by atoms with van der Waals surface area (Å²) in [5.74, 6) is 0.422. The second-order valence-corrected chi connectivity index (χ2v) is 4.28. The number of nitrogen functional groups attached to an aromatic ring is 1. The predicted octanol–water partition coefficient (Wildman–Crippen LogP) is 2.71. The summed E-state index contributed by atoms with van der Waals surface area (Å²) in [5.41, 5.74) is 8.38. The van der Waals surface area contributed by atoms with Crippen molar-refractivity contribution >= 4 is 38.7 Å². The van der Waals surface area contributed by atoms with Crippen molar-refractivity contribution < 1.29 is 5.11 Å². The number of anilines is 1. The third-order valence-corrected chi connectivity index (χ3v) is 3.44. The molecule has 0 bridgehead atoms. The van der Waals surface area contributed by atoms with Gasteiger partial charge in [-0.05, 0) is 28.6 Å². The molecule has 1 heterocycles. The van der Waals surface area contributed by atoms with Gasteiger partial charge in [0.05, 0.1) is 6.61 Å². The van der Waals surface area contributed by atoms with E-state index in [0.717, 1.165) is 26.9 Å². The molecule has 0 radical (unpaired) electrons. The van der Waals surface area contributed by atoms with E-state index in [1.165, 1.54) is 0 Å². The first-order valence-corrected chi connectivity index (χ1v) is 5.63. The van der Waals surface area contributed by atoms with Gasteiger partial charge in [0.1, 0.15) is 0 Å². The zero-order chi connectivity index (χ0) is 10.1. The van der Waals surface area contributed by atoms with Crippen molar-refractivity contribution in [2.45, 2.75) is 12.5 Å². The third-order valence-electron chi connectivity index (χ3n) is 2.17. The fourth-order valence-corrected chi connectivity index (χ4v) is 2.83. The zero-order valence-corrected chi connectivity index (χ0v) is 9.03. The van der Waals surface area contributed by atoms with Gasteiger partial charge in [-0.1, -0.05) is 0 Å². The normalized spacial score (nSPS) is 11.0. The highest BCUT2D eigenvalue weighted by molar-refractivity contribution is 7.17. The van der Waals surface area contributed by atoms with Gasteiger partial charge in [-0.2, -0.15) is 0 Å². The van der Waals surface area contributed by atoms with Gasteiger partial charge in [0.15, 0.2) is 0 Å². The zero-order valence-electron chi connectivity index (χ0n) is 7.46. The molecule has 0 saturated heterocycles. The van der Waals surface area contributed by atoms with Gasteiger partial charge in [0.25, 0.3) is 0 Å². The first-order chi connectivity index (χ1) is 6.76. The molecule has 2 rings (SSSR count). The number of benzene rings is 1. The Kier molecular flexibility index (Phi) is 2.63. The number of nitrogens with two attached hydrogens (primary N) is 1. The van der Waals surface area contributed by atoms with E-state index in [4.69, 9.17) is 22.4 Å². The summed E-state index contributed by atoms with van der Waals surface area (Å²) in [7, 11) is 0. The molecule has 74 valence electrons. The van der Waals surface area contributed by atoms with Gasteiger partial charge < -0.3 is 10.8 Å². The Morgan fingerprint density at radius 2 is 2.14 bits per heavy atom. The van der Waals surface area contributed by atoms with Crippen LogP contribution in [0.5, 0.6) is 0 Å². The molecule has 0 aliphatic rings. The summed E-state index contributed by atoms with van der Waals surface area (Å²) < 4.78 is 1.09. The molecule has 0 unspecified atom stereocenters. The van der Waals surface area contributed by atoms with Gasteiger partial charge >= 0.3 is 0 Å². The lowest BCUT2D eigenvalue weighted by Gasteiger charge is -2.03. The molecule has 0 aliphatic carbocycles. The van der Waals surface area contributed by atoms with Gasteiger partial charge in [-0.25, -0.2) is 0 Å². The van der Waals surface area contributed by atoms with Crippen molar-refractivity contribution in [3.8, 4) is 0 Å². The van der Waals surface area contributed by atoms with Crippen LogP contribution in [-0.2, 0) is 12.5 Å². The van der Waals surface area contributed by atoms with Crippen molar-refractivity contribution in [3.63, 3.8) is 0 Å². The van der Waals surface area contributed by atoms with E-state index in [1.807, 2.05) is 17.5 Å². The van der Waals surface area contributed by atoms with Crippen LogP contribution in [0.3, 0.4) is 0 Å². The van der Waals surface area contributed by atoms with Crippen molar-refractivity contribution in [2.75, 3.05) is 5.73 Å². The third kappa shape index (κ3) is 1.47. The van der Waals surface area contributed by atoms with E-state index in [2.05, 4.69) is 0 Å². The van der Waals surface area contributed by atoms with Crippen LogP contribution in [0.25, 0.3) is 10.1 Å². The van der Waals surface area contributed by atoms with Gasteiger partial charge in [-0.15, -0.1) is 22.9 Å². The second kappa shape index (κ2) is 3.77. The number of hydrogen-bond acceptors (Lipinski definition) is 3. The Balaban J connectivity index is 2.78. The molecule has 0 fully saturated rings. The molecular weight excluding hydrogens is 218 g/mol. The summed E-state index contributed by atoms with van der Waals surface area (Å²) >= 11 is 7.41. The lowest BCUT2D eigenvalue weighted by atomic mass is 10.1. The topological polar surface area (TPSA) is 46.2 Å². The van der Waals surface area contributed by atoms with Crippen LogP contribution in [0.15, 0.2) is 17.5 Å². The van der Waals surface area contributed by atoms with Crippen molar-refractivity contribution in [1.29, 1.82) is 0 Å². The van der Waals surface area contributed by atoms with E-state index < -0.39 is 0 Å². The van der Waals surface area contributed by atoms with Crippen molar-refractivity contribution in [2.24, 2.45) is 0 Å². The van der Waals surface area contributed by atoms with Crippen molar-refractivity contribution in [3.05, 3.63) is 28.6 Å². The highest BCUT2D eigenvalue weighted by atomic mass is 35.5. The van der Waals surface area contributed by atoms with Crippen LogP contribution in [0, 0.1) is 0 Å². The maximum absolute atomic E-state index is 9.15. The molecule has 1 aromatic heterocycles. The maximum Gasteiger partial charge on any atom is 0.0696 e. The molecule has 1 aromatic carbocycles. The summed E-state index contributed by atoms with van der Waals surface area (Å²) in [6.07, 6.45) is 0. The summed E-state index contributed by atoms with van der Waals surface area (Å²) in [4.78, 5) is 0. The number of aliphatic hydroxyl groups excluding tert-OH is 1. The molecule has 0 saturated carbocycles. The highest BCUT2D eigenvalue weighted by Crippen LogP contribution is 2.32. The summed E-state index contributed by atoms with van der Waals surface area (Å²) in [6.45, 7) is 0.0494. The minimum atomic E-state index is 0.0494. The molecule has 2 aromatic rings. The molecule has 2 nitrogen and oxygen atoms in total. The standard InChI is InChI=1S/C10H10ClNOS/c11-3-6-1-8(12)2-9-10(6)7(4-13)5-14-9/h1-2,5,13H,3-4,12H2. The Morgan fingerprint density at radius 1 is 1.36 bits per heavy atom. The number of hydrogen-bond donors (Lipinski definition) is 2. The summed E-state index contributed by atoms with van der Waals surface area (Å²) in [6, 6.07) is 3.77. The SMILES string of the molecule is Nc1cc(CCl)c2c(CO)csc2c1. The van der Waals surface area contributed by atoms with Gasteiger partial charge in [-0.3, -0.25) is 0 Å². The largest absolute Gasteiger partial charge is 0.399 e. The lowest BCUT2D eigenvalue weighted by molar-refractivity contribution is 0.283. The quantitative estimate of drug-likeness (QED) is 0.612. The van der Waals surface area contributed by atoms with Crippen molar-refractivity contribution in [1.82, 2.24) is 0 Å². The van der Waals surface area contributed by atoms with E-state index >= 15 is 0 Å². The number of thiophene rings is 1. The molecule has 4 heteroatoms. The number of rotatable bonds is 2. The monoisotopic (exact) mass is 227 g/mol. The summed E-state index contributed by atoms with van der Waals surface area (Å²) in [5, 5.41) is 12.1. The van der Waals surface area contributed by atoms with Gasteiger partial charge in [0.2, 0.25) is 0 Å². The number of halogens is 1. The van der Waals surface area contributed by atoms with E-state index in [9.17, 15) is 0 Å². The molecule has 0 atom stereocenters. The Labute approximate surface area is 90.9 Å². The van der Waals surface area contributed by atoms with E-state index in [-0.39, 0.29) is 6.61 Å². The number of fused-ring (bicyclic) bond motifs is 1. The fourth-order valence-electron chi connectivity index (χ4n) is 1.57. The van der Waals surface area contributed by atoms with Crippen LogP contribution in [0.2, 0.25) is 0 Å². The number of alkyl halides is 1. The number of aliphatic hydroxyl groups is 1. The fraction of sp³-hybridized carbons (Fsp3) is 0.200. The minimum absolute atomic E-state index is 0.0494. The Bertz CT molecular complexity index is 466. The lowest BCUT2D eigenvalue weighted by Crippen LogP contribution is -1.89. The Hall–Kier alpha value is -0.770. The average Bonchev–Trinajstić information content (AvgIpc) is 2.59. The minimum Gasteiger partial charge on any atom is -0.399 e. The first-order valence-electron chi connectivity index (χ1n) is 4.21. The smallest absolute Gasteiger partial charge is 0.0696 e. The van der Waals surface area contributed by atoms with Crippen LogP contribution < -0.4 is 5.73 Å². The van der Waals surface area contributed by atoms with E-state index in [0.29, 0.717) is 5.88 Å². The molecule has 0 amide bonds. The molecule has 3 N–H and O–H groups in total. The van der Waals surface area contributed by atoms with Crippen LogP contribution in [0.1, 0.15) is 11.1 Å². The molecule has 0 spiro atoms. The van der Waals surface area contributed by atoms with Crippen LogP contribution in [0.4, 0.5) is 5.69 Å². The molecular formula is C10H10ClNOS. The van der Waals surface area contributed by atoms with Crippen LogP contribution in [-0.4, -0.2) is 5.11 Å².